The van der Waals surface area contributed by atoms with Crippen LogP contribution in [0.2, 0.25) is 5.02 Å². The minimum absolute atomic E-state index is 0.0359. The van der Waals surface area contributed by atoms with Crippen molar-refractivity contribution in [3.8, 4) is 5.75 Å². The number of nitrogens with zero attached hydrogens (tertiary/aromatic N) is 2. The number of carbonyl (C=O) groups is 1. The van der Waals surface area contributed by atoms with Gasteiger partial charge in [0.1, 0.15) is 11.6 Å². The Hall–Kier alpha value is -2.44. The van der Waals surface area contributed by atoms with Crippen molar-refractivity contribution < 1.29 is 41.0 Å². The van der Waals surface area contributed by atoms with Crippen LogP contribution in [0.3, 0.4) is 0 Å². The summed E-state index contributed by atoms with van der Waals surface area (Å²) in [6.07, 6.45) is -4.56. The molecule has 1 N–H and O–H groups in total. The van der Waals surface area contributed by atoms with Crippen molar-refractivity contribution in [2.75, 3.05) is 6.61 Å². The first-order valence-electron chi connectivity index (χ1n) is 10.7. The first-order chi connectivity index (χ1) is 16.1. The van der Waals surface area contributed by atoms with Gasteiger partial charge in [-0.1, -0.05) is 11.6 Å². The highest BCUT2D eigenvalue weighted by Crippen LogP contribution is 2.46. The lowest BCUT2D eigenvalue weighted by molar-refractivity contribution is -0.352. The molecule has 1 amide bonds. The van der Waals surface area contributed by atoms with E-state index in [1.165, 1.54) is 12.1 Å². The van der Waals surface area contributed by atoms with E-state index in [1.807, 2.05) is 0 Å². The Labute approximate surface area is 195 Å². The molecule has 34 heavy (non-hydrogen) atoms. The first-order valence-corrected chi connectivity index (χ1v) is 11.1. The highest BCUT2D eigenvalue weighted by Gasteiger charge is 2.50. The van der Waals surface area contributed by atoms with Gasteiger partial charge in [0.15, 0.2) is 6.61 Å². The smallest absolute Gasteiger partial charge is 0.484 e. The maximum Gasteiger partial charge on any atom is 0.522 e. The number of nitrogens with one attached hydrogen (secondary N) is 1. The van der Waals surface area contributed by atoms with Crippen molar-refractivity contribution in [2.24, 2.45) is 0 Å². The lowest BCUT2D eigenvalue weighted by Crippen LogP contribution is -2.44. The Kier molecular flexibility index (Phi) is 6.15. The van der Waals surface area contributed by atoms with Gasteiger partial charge in [0.25, 0.3) is 5.91 Å². The molecule has 2 saturated heterocycles. The van der Waals surface area contributed by atoms with Crippen LogP contribution in [0, 0.1) is 5.82 Å². The van der Waals surface area contributed by atoms with Gasteiger partial charge >= 0.3 is 6.36 Å². The lowest BCUT2D eigenvalue weighted by atomic mass is 9.82. The summed E-state index contributed by atoms with van der Waals surface area (Å²) in [6.45, 7) is -0.286. The highest BCUT2D eigenvalue weighted by molar-refractivity contribution is 6.30. The average Bonchev–Trinajstić information content (AvgIpc) is 3.46. The fourth-order valence-corrected chi connectivity index (χ4v) is 4.77. The number of halogens is 5. The molecule has 0 spiro atoms. The predicted molar refractivity (Wildman–Crippen MR) is 107 cm³/mol. The molecular formula is C21H20ClF4N3O5. The summed E-state index contributed by atoms with van der Waals surface area (Å²) in [7, 11) is 0. The zero-order chi connectivity index (χ0) is 24.0. The summed E-state index contributed by atoms with van der Waals surface area (Å²) in [5.41, 5.74) is 0. The van der Waals surface area contributed by atoms with Gasteiger partial charge in [-0.25, -0.2) is 4.39 Å². The molecule has 3 heterocycles. The fraction of sp³-hybridized carbons (Fsp3) is 0.571. The monoisotopic (exact) mass is 505 g/mol. The number of hydrogen-bond donors (Lipinski definition) is 1. The second-order valence-corrected chi connectivity index (χ2v) is 9.07. The van der Waals surface area contributed by atoms with Crippen molar-refractivity contribution in [3.05, 3.63) is 40.8 Å². The van der Waals surface area contributed by atoms with E-state index >= 15 is 0 Å². The van der Waals surface area contributed by atoms with E-state index < -0.39 is 18.3 Å². The molecular weight excluding hydrogens is 486 g/mol. The van der Waals surface area contributed by atoms with Crippen molar-refractivity contribution >= 4 is 17.5 Å². The minimum Gasteiger partial charge on any atom is -0.484 e. The number of benzene rings is 1. The third-order valence-electron chi connectivity index (χ3n) is 6.34. The molecule has 3 aliphatic rings. The summed E-state index contributed by atoms with van der Waals surface area (Å²) in [4.78, 5) is 12.3. The second-order valence-electron chi connectivity index (χ2n) is 8.66. The van der Waals surface area contributed by atoms with Crippen LogP contribution < -0.4 is 10.1 Å². The van der Waals surface area contributed by atoms with E-state index in [1.54, 1.807) is 0 Å². The van der Waals surface area contributed by atoms with E-state index in [4.69, 9.17) is 25.5 Å². The number of ether oxygens (including phenoxy) is 3. The van der Waals surface area contributed by atoms with Crippen molar-refractivity contribution in [2.45, 2.75) is 68.2 Å². The summed E-state index contributed by atoms with van der Waals surface area (Å²) < 4.78 is 71.2. The Balaban J connectivity index is 1.08. The number of rotatable bonds is 7. The average molecular weight is 506 g/mol. The molecule has 3 fully saturated rings. The highest BCUT2D eigenvalue weighted by atomic mass is 35.5. The standard InChI is InChI=1S/C21H20ClF4N3O5/c22-13-2-1-10(5-14(13)23)31-8-18(30)27-15-7-16-12(6-17(15)32-16)20-29-28-19(33-20)9-3-11(4-9)34-21(24,25)26/h1-2,5,9,11-12,15-17H,3-4,6-8H2,(H,27,30)/t9-,11+,12-,15-,16+,17+/m0/s1. The van der Waals surface area contributed by atoms with Gasteiger partial charge in [0.2, 0.25) is 11.8 Å². The maximum atomic E-state index is 13.5. The zero-order valence-electron chi connectivity index (χ0n) is 17.6. The van der Waals surface area contributed by atoms with E-state index in [0.717, 1.165) is 6.07 Å². The summed E-state index contributed by atoms with van der Waals surface area (Å²) in [6, 6.07) is 3.70. The van der Waals surface area contributed by atoms with E-state index in [0.29, 0.717) is 24.6 Å². The quantitative estimate of drug-likeness (QED) is 0.571. The SMILES string of the molecule is O=C(COc1ccc(Cl)c(F)c1)N[C@H]1C[C@H]2O[C@@H]1C[C@@H]2c1nnc([C@H]2C[C@@H](OC(F)(F)F)C2)o1. The van der Waals surface area contributed by atoms with Crippen LogP contribution in [-0.4, -0.2) is 53.4 Å². The van der Waals surface area contributed by atoms with Crippen molar-refractivity contribution in [3.63, 3.8) is 0 Å². The minimum atomic E-state index is -4.65. The molecule has 2 bridgehead atoms. The van der Waals surface area contributed by atoms with E-state index in [-0.39, 0.29) is 66.2 Å². The van der Waals surface area contributed by atoms with Crippen molar-refractivity contribution in [1.82, 2.24) is 15.5 Å². The third-order valence-corrected chi connectivity index (χ3v) is 6.65. The van der Waals surface area contributed by atoms with Crippen LogP contribution in [0.25, 0.3) is 0 Å². The number of amides is 1. The van der Waals surface area contributed by atoms with Crippen LogP contribution in [0.1, 0.15) is 49.3 Å². The number of carbonyl (C=O) groups excluding carboxylic acids is 1. The molecule has 2 aliphatic heterocycles. The van der Waals surface area contributed by atoms with Gasteiger partial charge in [-0.3, -0.25) is 9.53 Å². The van der Waals surface area contributed by atoms with Crippen LogP contribution in [-0.2, 0) is 14.3 Å². The summed E-state index contributed by atoms with van der Waals surface area (Å²) in [5, 5.41) is 10.9. The fourth-order valence-electron chi connectivity index (χ4n) is 4.65. The zero-order valence-corrected chi connectivity index (χ0v) is 18.3. The molecule has 2 aromatic rings. The van der Waals surface area contributed by atoms with Crippen LogP contribution in [0.5, 0.6) is 5.75 Å². The summed E-state index contributed by atoms with van der Waals surface area (Å²) >= 11 is 5.62. The number of hydrogen-bond acceptors (Lipinski definition) is 7. The molecule has 0 unspecified atom stereocenters. The van der Waals surface area contributed by atoms with E-state index in [2.05, 4.69) is 20.3 Å². The number of fused-ring (bicyclic) bond motifs is 2. The molecule has 4 atom stereocenters. The first kappa shape index (κ1) is 23.3. The largest absolute Gasteiger partial charge is 0.522 e. The molecule has 1 saturated carbocycles. The number of aromatic nitrogens is 2. The van der Waals surface area contributed by atoms with Crippen LogP contribution in [0.15, 0.2) is 22.6 Å². The van der Waals surface area contributed by atoms with Gasteiger partial charge in [0.05, 0.1) is 35.3 Å². The normalized spacial score (nSPS) is 30.3. The van der Waals surface area contributed by atoms with Gasteiger partial charge in [-0.2, -0.15) is 0 Å². The summed E-state index contributed by atoms with van der Waals surface area (Å²) in [5.74, 6) is -0.515. The molecule has 13 heteroatoms. The lowest BCUT2D eigenvalue weighted by Gasteiger charge is -2.32. The van der Waals surface area contributed by atoms with Gasteiger partial charge < -0.3 is 19.2 Å². The molecule has 184 valence electrons. The molecule has 1 aromatic heterocycles. The van der Waals surface area contributed by atoms with Crippen molar-refractivity contribution in [1.29, 1.82) is 0 Å². The van der Waals surface area contributed by atoms with E-state index in [9.17, 15) is 22.4 Å². The molecule has 8 nitrogen and oxygen atoms in total. The molecule has 5 rings (SSSR count). The Morgan fingerprint density at radius 2 is 1.91 bits per heavy atom. The Morgan fingerprint density at radius 3 is 2.59 bits per heavy atom. The maximum absolute atomic E-state index is 13.5. The number of alkyl halides is 3. The van der Waals surface area contributed by atoms with Gasteiger partial charge in [-0.05, 0) is 37.8 Å². The van der Waals surface area contributed by atoms with Crippen LogP contribution >= 0.6 is 11.6 Å². The van der Waals surface area contributed by atoms with Gasteiger partial charge in [0, 0.05) is 12.0 Å². The third kappa shape index (κ3) is 4.98. The molecule has 0 radical (unpaired) electrons. The molecule has 1 aliphatic carbocycles. The predicted octanol–water partition coefficient (Wildman–Crippen LogP) is 3.85. The Bertz CT molecular complexity index is 1060. The van der Waals surface area contributed by atoms with Gasteiger partial charge in [-0.15, -0.1) is 23.4 Å². The molecule has 1 aromatic carbocycles. The van der Waals surface area contributed by atoms with Crippen LogP contribution in [0.4, 0.5) is 17.6 Å². The Morgan fingerprint density at radius 1 is 1.15 bits per heavy atom. The topological polar surface area (TPSA) is 95.7 Å². The second kappa shape index (κ2) is 8.97.